The Bertz CT molecular complexity index is 844. The van der Waals surface area contributed by atoms with Crippen LogP contribution in [0.2, 0.25) is 0 Å². The van der Waals surface area contributed by atoms with Crippen molar-refractivity contribution in [3.8, 4) is 11.5 Å². The molecule has 1 aliphatic rings. The van der Waals surface area contributed by atoms with E-state index in [0.29, 0.717) is 24.9 Å². The second kappa shape index (κ2) is 14.5. The Morgan fingerprint density at radius 2 is 1.81 bits per heavy atom. The minimum Gasteiger partial charge on any atom is -0.494 e. The van der Waals surface area contributed by atoms with Crippen molar-refractivity contribution in [3.63, 3.8) is 0 Å². The first-order valence-electron chi connectivity index (χ1n) is 10.9. The van der Waals surface area contributed by atoms with Crippen molar-refractivity contribution in [1.82, 2.24) is 16.0 Å². The zero-order chi connectivity index (χ0) is 21.7. The van der Waals surface area contributed by atoms with Gasteiger partial charge in [-0.2, -0.15) is 0 Å². The minimum atomic E-state index is -0.0687. The van der Waals surface area contributed by atoms with E-state index in [1.165, 1.54) is 0 Å². The van der Waals surface area contributed by atoms with Crippen LogP contribution >= 0.6 is 24.0 Å². The van der Waals surface area contributed by atoms with Gasteiger partial charge in [-0.15, -0.1) is 24.0 Å². The highest BCUT2D eigenvalue weighted by Crippen LogP contribution is 2.18. The molecule has 0 aliphatic heterocycles. The normalized spacial score (nSPS) is 13.0. The van der Waals surface area contributed by atoms with Crippen molar-refractivity contribution in [2.75, 3.05) is 26.3 Å². The zero-order valence-corrected chi connectivity index (χ0v) is 20.8. The van der Waals surface area contributed by atoms with Gasteiger partial charge in [-0.05, 0) is 56.0 Å². The van der Waals surface area contributed by atoms with Gasteiger partial charge in [0.1, 0.15) is 11.5 Å². The molecule has 7 nitrogen and oxygen atoms in total. The number of para-hydroxylation sites is 1. The second-order valence-corrected chi connectivity index (χ2v) is 7.41. The van der Waals surface area contributed by atoms with Gasteiger partial charge < -0.3 is 25.4 Å². The summed E-state index contributed by atoms with van der Waals surface area (Å²) in [6, 6.07) is 17.8. The largest absolute Gasteiger partial charge is 0.494 e. The average Bonchev–Trinajstić information content (AvgIpc) is 3.61. The number of guanidine groups is 1. The second-order valence-electron chi connectivity index (χ2n) is 7.41. The van der Waals surface area contributed by atoms with Gasteiger partial charge >= 0.3 is 0 Å². The van der Waals surface area contributed by atoms with Gasteiger partial charge in [-0.3, -0.25) is 4.79 Å². The van der Waals surface area contributed by atoms with Crippen molar-refractivity contribution >= 4 is 35.8 Å². The van der Waals surface area contributed by atoms with Crippen molar-refractivity contribution in [1.29, 1.82) is 0 Å². The van der Waals surface area contributed by atoms with E-state index in [4.69, 9.17) is 9.47 Å². The molecule has 0 aromatic heterocycles. The number of rotatable bonds is 12. The lowest BCUT2D eigenvalue weighted by Gasteiger charge is -2.12. The standard InChI is InChI=1S/C24H32N4O3.HI/c1-2-25-24(26-14-7-15-30-21-9-4-3-5-10-21)27-17-19-8-6-11-22(16-19)31-18-23(29)28-20-12-13-20;/h3-6,8-11,16,20H,2,7,12-15,17-18H2,1H3,(H,28,29)(H2,25,26,27);1H. The predicted octanol–water partition coefficient (Wildman–Crippen LogP) is 3.49. The molecular weight excluding hydrogens is 519 g/mol. The van der Waals surface area contributed by atoms with E-state index in [1.807, 2.05) is 61.5 Å². The first-order chi connectivity index (χ1) is 15.2. The maximum absolute atomic E-state index is 11.8. The summed E-state index contributed by atoms with van der Waals surface area (Å²) in [6.07, 6.45) is 3.01. The van der Waals surface area contributed by atoms with Crippen LogP contribution < -0.4 is 25.4 Å². The van der Waals surface area contributed by atoms with E-state index in [2.05, 4.69) is 20.9 Å². The Balaban J connectivity index is 0.00000363. The Kier molecular flexibility index (Phi) is 11.7. The number of aliphatic imine (C=N–C) groups is 1. The molecule has 8 heteroatoms. The SMILES string of the molecule is CCNC(=NCc1cccc(OCC(=O)NC2CC2)c1)NCCCOc1ccccc1.I. The molecular formula is C24H33IN4O3. The van der Waals surface area contributed by atoms with Crippen LogP contribution in [0.25, 0.3) is 0 Å². The molecule has 3 N–H and O–H groups in total. The van der Waals surface area contributed by atoms with Crippen LogP contribution in [0, 0.1) is 0 Å². The van der Waals surface area contributed by atoms with E-state index < -0.39 is 0 Å². The van der Waals surface area contributed by atoms with Crippen molar-refractivity contribution in [3.05, 3.63) is 60.2 Å². The first kappa shape index (κ1) is 25.8. The van der Waals surface area contributed by atoms with Crippen LogP contribution in [0.5, 0.6) is 11.5 Å². The van der Waals surface area contributed by atoms with Crippen LogP contribution in [0.4, 0.5) is 0 Å². The highest BCUT2D eigenvalue weighted by atomic mass is 127. The third-order valence-electron chi connectivity index (χ3n) is 4.60. The summed E-state index contributed by atoms with van der Waals surface area (Å²) in [4.78, 5) is 16.4. The van der Waals surface area contributed by atoms with Gasteiger partial charge in [0.05, 0.1) is 13.2 Å². The number of carbonyl (C=O) groups excluding carboxylic acids is 1. The zero-order valence-electron chi connectivity index (χ0n) is 18.5. The van der Waals surface area contributed by atoms with Gasteiger partial charge in [0.25, 0.3) is 5.91 Å². The van der Waals surface area contributed by atoms with Gasteiger partial charge in [0, 0.05) is 19.1 Å². The predicted molar refractivity (Wildman–Crippen MR) is 138 cm³/mol. The fourth-order valence-electron chi connectivity index (χ4n) is 2.88. The molecule has 0 heterocycles. The molecule has 2 aromatic rings. The fourth-order valence-corrected chi connectivity index (χ4v) is 2.88. The van der Waals surface area contributed by atoms with Crippen LogP contribution in [-0.4, -0.2) is 44.2 Å². The summed E-state index contributed by atoms with van der Waals surface area (Å²) in [6.45, 7) is 4.78. The molecule has 1 amide bonds. The molecule has 0 atom stereocenters. The highest BCUT2D eigenvalue weighted by Gasteiger charge is 2.23. The summed E-state index contributed by atoms with van der Waals surface area (Å²) < 4.78 is 11.3. The molecule has 3 rings (SSSR count). The summed E-state index contributed by atoms with van der Waals surface area (Å²) in [7, 11) is 0. The number of amides is 1. The lowest BCUT2D eigenvalue weighted by Crippen LogP contribution is -2.38. The molecule has 174 valence electrons. The molecule has 32 heavy (non-hydrogen) atoms. The number of ether oxygens (including phenoxy) is 2. The fraction of sp³-hybridized carbons (Fsp3) is 0.417. The topological polar surface area (TPSA) is 84.0 Å². The molecule has 0 bridgehead atoms. The third-order valence-corrected chi connectivity index (χ3v) is 4.60. The van der Waals surface area contributed by atoms with Crippen molar-refractivity contribution in [2.45, 2.75) is 38.8 Å². The van der Waals surface area contributed by atoms with Gasteiger partial charge in [-0.25, -0.2) is 4.99 Å². The average molecular weight is 552 g/mol. The molecule has 0 radical (unpaired) electrons. The van der Waals surface area contributed by atoms with Gasteiger partial charge in [0.15, 0.2) is 12.6 Å². The number of nitrogens with one attached hydrogen (secondary N) is 3. The Labute approximate surface area is 207 Å². The van der Waals surface area contributed by atoms with E-state index >= 15 is 0 Å². The van der Waals surface area contributed by atoms with Crippen molar-refractivity contribution < 1.29 is 14.3 Å². The van der Waals surface area contributed by atoms with E-state index in [-0.39, 0.29) is 36.5 Å². The minimum absolute atomic E-state index is 0. The van der Waals surface area contributed by atoms with Crippen molar-refractivity contribution in [2.24, 2.45) is 4.99 Å². The monoisotopic (exact) mass is 552 g/mol. The maximum atomic E-state index is 11.8. The van der Waals surface area contributed by atoms with E-state index in [1.54, 1.807) is 0 Å². The van der Waals surface area contributed by atoms with Crippen LogP contribution in [0.1, 0.15) is 31.7 Å². The molecule has 1 fully saturated rings. The summed E-state index contributed by atoms with van der Waals surface area (Å²) >= 11 is 0. The van der Waals surface area contributed by atoms with Gasteiger partial charge in [0.2, 0.25) is 0 Å². The summed E-state index contributed by atoms with van der Waals surface area (Å²) in [5.41, 5.74) is 1.02. The number of hydrogen-bond acceptors (Lipinski definition) is 4. The smallest absolute Gasteiger partial charge is 0.258 e. The molecule has 1 aliphatic carbocycles. The Morgan fingerprint density at radius 1 is 1.03 bits per heavy atom. The van der Waals surface area contributed by atoms with Gasteiger partial charge in [-0.1, -0.05) is 30.3 Å². The molecule has 2 aromatic carbocycles. The Hall–Kier alpha value is -2.49. The van der Waals surface area contributed by atoms with E-state index in [0.717, 1.165) is 49.6 Å². The quantitative estimate of drug-likeness (QED) is 0.163. The number of halogens is 1. The first-order valence-corrected chi connectivity index (χ1v) is 10.9. The lowest BCUT2D eigenvalue weighted by atomic mass is 10.2. The molecule has 0 unspecified atom stereocenters. The number of benzene rings is 2. The van der Waals surface area contributed by atoms with Crippen LogP contribution in [0.15, 0.2) is 59.6 Å². The summed E-state index contributed by atoms with van der Waals surface area (Å²) in [5, 5.41) is 9.50. The number of hydrogen-bond donors (Lipinski definition) is 3. The number of carbonyl (C=O) groups is 1. The van der Waals surface area contributed by atoms with Crippen LogP contribution in [0.3, 0.4) is 0 Å². The molecule has 0 spiro atoms. The highest BCUT2D eigenvalue weighted by molar-refractivity contribution is 14.0. The van der Waals surface area contributed by atoms with Crippen LogP contribution in [-0.2, 0) is 11.3 Å². The van der Waals surface area contributed by atoms with E-state index in [9.17, 15) is 4.79 Å². The molecule has 0 saturated heterocycles. The maximum Gasteiger partial charge on any atom is 0.258 e. The number of nitrogens with zero attached hydrogens (tertiary/aromatic N) is 1. The third kappa shape index (κ3) is 10.2. The Morgan fingerprint density at radius 3 is 2.56 bits per heavy atom. The molecule has 1 saturated carbocycles. The lowest BCUT2D eigenvalue weighted by molar-refractivity contribution is -0.123. The summed E-state index contributed by atoms with van der Waals surface area (Å²) in [5.74, 6) is 2.25.